The molecule has 0 N–H and O–H groups in total. The van der Waals surface area contributed by atoms with Crippen molar-refractivity contribution >= 4 is 11.9 Å². The normalized spacial score (nSPS) is 15.4. The Hall–Kier alpha value is -3.43. The largest absolute Gasteiger partial charge is 0.493 e. The molecule has 9 heteroatoms. The quantitative estimate of drug-likeness (QED) is 0.383. The highest BCUT2D eigenvalue weighted by Crippen LogP contribution is 2.40. The lowest BCUT2D eigenvalue weighted by atomic mass is 10.1. The van der Waals surface area contributed by atoms with Crippen molar-refractivity contribution in [3.8, 4) is 34.5 Å². The highest BCUT2D eigenvalue weighted by atomic mass is 16.7. The first-order valence-electron chi connectivity index (χ1n) is 11.0. The fourth-order valence-electron chi connectivity index (χ4n) is 3.80. The van der Waals surface area contributed by atoms with Crippen LogP contribution < -0.4 is 28.4 Å². The summed E-state index contributed by atoms with van der Waals surface area (Å²) in [6.07, 6.45) is 3.17. The van der Waals surface area contributed by atoms with E-state index in [4.69, 9.17) is 33.2 Å². The molecule has 1 saturated heterocycles. The number of carbonyl (C=O) groups is 1. The van der Waals surface area contributed by atoms with Crippen LogP contribution in [0.3, 0.4) is 0 Å². The fraction of sp³-hybridized carbons (Fsp3) is 0.400. The van der Waals surface area contributed by atoms with Gasteiger partial charge in [0.15, 0.2) is 28.8 Å². The van der Waals surface area contributed by atoms with Gasteiger partial charge >= 0.3 is 0 Å². The summed E-state index contributed by atoms with van der Waals surface area (Å²) in [5.74, 6) is 2.80. The number of allylic oxidation sites excluding steroid dienone is 1. The van der Waals surface area contributed by atoms with Crippen molar-refractivity contribution in [1.82, 2.24) is 4.90 Å². The zero-order chi connectivity index (χ0) is 23.9. The number of methoxy groups -OCH3 is 3. The Morgan fingerprint density at radius 3 is 2.26 bits per heavy atom. The van der Waals surface area contributed by atoms with Gasteiger partial charge in [-0.2, -0.15) is 0 Å². The van der Waals surface area contributed by atoms with Gasteiger partial charge in [-0.15, -0.1) is 0 Å². The van der Waals surface area contributed by atoms with Gasteiger partial charge in [0.1, 0.15) is 12.4 Å². The van der Waals surface area contributed by atoms with Crippen molar-refractivity contribution in [2.45, 2.75) is 0 Å². The molecular formula is C25H29NO8. The predicted molar refractivity (Wildman–Crippen MR) is 125 cm³/mol. The lowest BCUT2D eigenvalue weighted by molar-refractivity contribution is 0.0322. The number of hydrogen-bond donors (Lipinski definition) is 0. The van der Waals surface area contributed by atoms with Crippen LogP contribution >= 0.6 is 0 Å². The maximum Gasteiger partial charge on any atom is 0.231 e. The van der Waals surface area contributed by atoms with Crippen LogP contribution in [-0.2, 0) is 4.74 Å². The third-order valence-electron chi connectivity index (χ3n) is 5.62. The molecule has 0 unspecified atom stereocenters. The van der Waals surface area contributed by atoms with Gasteiger partial charge < -0.3 is 33.2 Å². The van der Waals surface area contributed by atoms with Gasteiger partial charge in [0, 0.05) is 25.7 Å². The van der Waals surface area contributed by atoms with E-state index in [-0.39, 0.29) is 12.6 Å². The standard InChI is InChI=1S/C25H29NO8/c1-28-23-12-17(13-24(29-2)25(23)30-3)4-5-19(27)18-14-21-22(34-16-33-21)15-20(18)32-11-8-26-6-9-31-10-7-26/h4-5,12-15H,6-11,16H2,1-3H3. The van der Waals surface area contributed by atoms with E-state index in [9.17, 15) is 4.79 Å². The third kappa shape index (κ3) is 5.37. The average Bonchev–Trinajstić information content (AvgIpc) is 3.34. The number of ketones is 1. The Balaban J connectivity index is 1.53. The van der Waals surface area contributed by atoms with E-state index in [1.807, 2.05) is 0 Å². The second-order valence-electron chi connectivity index (χ2n) is 7.66. The van der Waals surface area contributed by atoms with Crippen molar-refractivity contribution in [3.05, 3.63) is 41.5 Å². The van der Waals surface area contributed by atoms with Crippen LogP contribution in [0.4, 0.5) is 0 Å². The van der Waals surface area contributed by atoms with Gasteiger partial charge in [-0.25, -0.2) is 0 Å². The molecule has 182 valence electrons. The molecule has 4 rings (SSSR count). The van der Waals surface area contributed by atoms with Crippen molar-refractivity contribution < 1.29 is 38.0 Å². The minimum atomic E-state index is -0.228. The number of ether oxygens (including phenoxy) is 7. The molecule has 0 aliphatic carbocycles. The average molecular weight is 472 g/mol. The minimum absolute atomic E-state index is 0.113. The maximum absolute atomic E-state index is 13.2. The molecule has 34 heavy (non-hydrogen) atoms. The Morgan fingerprint density at radius 1 is 0.941 bits per heavy atom. The van der Waals surface area contributed by atoms with E-state index >= 15 is 0 Å². The molecule has 0 amide bonds. The summed E-state index contributed by atoms with van der Waals surface area (Å²) in [6.45, 7) is 4.48. The predicted octanol–water partition coefficient (Wildman–Crippen LogP) is 3.05. The SMILES string of the molecule is COc1cc(C=CC(=O)c2cc3c(cc2OCCN2CCOCC2)OCO3)cc(OC)c1OC. The van der Waals surface area contributed by atoms with Gasteiger partial charge in [0.2, 0.25) is 12.5 Å². The molecule has 0 saturated carbocycles. The molecule has 2 aromatic rings. The molecule has 2 heterocycles. The Bertz CT molecular complexity index is 1020. The number of rotatable bonds is 10. The Kier molecular flexibility index (Phi) is 7.76. The van der Waals surface area contributed by atoms with Gasteiger partial charge in [-0.05, 0) is 29.8 Å². The summed E-state index contributed by atoms with van der Waals surface area (Å²) in [5, 5.41) is 0. The van der Waals surface area contributed by atoms with Crippen LogP contribution in [0.5, 0.6) is 34.5 Å². The zero-order valence-electron chi connectivity index (χ0n) is 19.6. The van der Waals surface area contributed by atoms with Gasteiger partial charge in [-0.3, -0.25) is 9.69 Å². The maximum atomic E-state index is 13.2. The topological polar surface area (TPSA) is 84.9 Å². The first kappa shape index (κ1) is 23.7. The van der Waals surface area contributed by atoms with Crippen molar-refractivity contribution in [2.75, 3.05) is 67.6 Å². The molecule has 0 aromatic heterocycles. The third-order valence-corrected chi connectivity index (χ3v) is 5.62. The number of nitrogens with zero attached hydrogens (tertiary/aromatic N) is 1. The fourth-order valence-corrected chi connectivity index (χ4v) is 3.80. The van der Waals surface area contributed by atoms with Crippen LogP contribution in [0, 0.1) is 0 Å². The molecule has 0 atom stereocenters. The second-order valence-corrected chi connectivity index (χ2v) is 7.66. The summed E-state index contributed by atoms with van der Waals surface area (Å²) in [4.78, 5) is 15.4. The summed E-state index contributed by atoms with van der Waals surface area (Å²) in [7, 11) is 4.63. The summed E-state index contributed by atoms with van der Waals surface area (Å²) in [6, 6.07) is 6.91. The molecule has 2 aliphatic heterocycles. The van der Waals surface area contributed by atoms with Gasteiger partial charge in [0.05, 0.1) is 40.1 Å². The Labute approximate surface area is 198 Å². The van der Waals surface area contributed by atoms with Crippen LogP contribution in [0.2, 0.25) is 0 Å². The Morgan fingerprint density at radius 2 is 1.62 bits per heavy atom. The molecule has 2 aromatic carbocycles. The van der Waals surface area contributed by atoms with E-state index in [1.54, 1.807) is 51.7 Å². The van der Waals surface area contributed by atoms with E-state index < -0.39 is 0 Å². The molecule has 2 aliphatic rings. The highest BCUT2D eigenvalue weighted by molar-refractivity contribution is 6.09. The highest BCUT2D eigenvalue weighted by Gasteiger charge is 2.21. The number of hydrogen-bond acceptors (Lipinski definition) is 9. The van der Waals surface area contributed by atoms with Crippen molar-refractivity contribution in [2.24, 2.45) is 0 Å². The van der Waals surface area contributed by atoms with E-state index in [0.717, 1.165) is 38.4 Å². The summed E-state index contributed by atoms with van der Waals surface area (Å²) < 4.78 is 38.5. The van der Waals surface area contributed by atoms with Crippen LogP contribution in [0.1, 0.15) is 15.9 Å². The van der Waals surface area contributed by atoms with Crippen molar-refractivity contribution in [1.29, 1.82) is 0 Å². The number of benzene rings is 2. The molecule has 9 nitrogen and oxygen atoms in total. The zero-order valence-corrected chi connectivity index (χ0v) is 19.6. The number of morpholine rings is 1. The molecule has 0 bridgehead atoms. The lowest BCUT2D eigenvalue weighted by Crippen LogP contribution is -2.38. The molecule has 1 fully saturated rings. The van der Waals surface area contributed by atoms with Crippen LogP contribution in [0.15, 0.2) is 30.3 Å². The van der Waals surface area contributed by atoms with E-state index in [1.165, 1.54) is 6.08 Å². The number of carbonyl (C=O) groups excluding carboxylic acids is 1. The summed E-state index contributed by atoms with van der Waals surface area (Å²) >= 11 is 0. The molecular weight excluding hydrogens is 442 g/mol. The monoisotopic (exact) mass is 471 g/mol. The number of fused-ring (bicyclic) bond motifs is 1. The van der Waals surface area contributed by atoms with E-state index in [0.29, 0.717) is 46.7 Å². The second kappa shape index (κ2) is 11.1. The summed E-state index contributed by atoms with van der Waals surface area (Å²) in [5.41, 5.74) is 1.12. The van der Waals surface area contributed by atoms with Crippen LogP contribution in [0.25, 0.3) is 6.08 Å². The van der Waals surface area contributed by atoms with E-state index in [2.05, 4.69) is 4.90 Å². The lowest BCUT2D eigenvalue weighted by Gasteiger charge is -2.26. The smallest absolute Gasteiger partial charge is 0.231 e. The van der Waals surface area contributed by atoms with Crippen LogP contribution in [-0.4, -0.2) is 78.3 Å². The molecule has 0 radical (unpaired) electrons. The van der Waals surface area contributed by atoms with Gasteiger partial charge in [-0.1, -0.05) is 6.08 Å². The molecule has 0 spiro atoms. The van der Waals surface area contributed by atoms with Gasteiger partial charge in [0.25, 0.3) is 0 Å². The minimum Gasteiger partial charge on any atom is -0.493 e. The van der Waals surface area contributed by atoms with Crippen molar-refractivity contribution in [3.63, 3.8) is 0 Å². The first-order valence-corrected chi connectivity index (χ1v) is 11.0. The first-order chi connectivity index (χ1) is 16.6.